The lowest BCUT2D eigenvalue weighted by Crippen LogP contribution is -2.14. The summed E-state index contributed by atoms with van der Waals surface area (Å²) in [4.78, 5) is 17.0. The van der Waals surface area contributed by atoms with Gasteiger partial charge in [0.2, 0.25) is 0 Å². The number of pyridine rings is 1. The molecular weight excluding hydrogens is 350 g/mol. The van der Waals surface area contributed by atoms with E-state index in [0.29, 0.717) is 23.8 Å². The monoisotopic (exact) mass is 375 g/mol. The smallest absolute Gasteiger partial charge is 0.255 e. The molecule has 0 unspecified atom stereocenters. The molecule has 0 bridgehead atoms. The summed E-state index contributed by atoms with van der Waals surface area (Å²) in [5, 5.41) is 6.27. The number of para-hydroxylation sites is 2. The first-order chi connectivity index (χ1) is 13.6. The fraction of sp³-hybridized carbons (Fsp3) is 0.217. The molecule has 0 radical (unpaired) electrons. The first kappa shape index (κ1) is 19.4. The van der Waals surface area contributed by atoms with Crippen LogP contribution in [0.4, 0.5) is 11.5 Å². The van der Waals surface area contributed by atoms with Crippen LogP contribution in [0.5, 0.6) is 5.75 Å². The number of rotatable bonds is 7. The number of carbonyl (C=O) groups is 1. The van der Waals surface area contributed by atoms with Gasteiger partial charge >= 0.3 is 0 Å². The van der Waals surface area contributed by atoms with Crippen molar-refractivity contribution in [2.24, 2.45) is 0 Å². The second kappa shape index (κ2) is 9.04. The van der Waals surface area contributed by atoms with Gasteiger partial charge in [0.15, 0.2) is 0 Å². The summed E-state index contributed by atoms with van der Waals surface area (Å²) in [7, 11) is 1.65. The van der Waals surface area contributed by atoms with Crippen LogP contribution in [0.3, 0.4) is 0 Å². The normalized spacial score (nSPS) is 10.6. The highest BCUT2D eigenvalue weighted by molar-refractivity contribution is 6.05. The maximum atomic E-state index is 12.7. The van der Waals surface area contributed by atoms with Gasteiger partial charge in [0.05, 0.1) is 7.11 Å². The third-order valence-electron chi connectivity index (χ3n) is 4.51. The highest BCUT2D eigenvalue weighted by Crippen LogP contribution is 2.24. The number of carbonyl (C=O) groups excluding carboxylic acids is 1. The third-order valence-corrected chi connectivity index (χ3v) is 4.51. The first-order valence-corrected chi connectivity index (χ1v) is 9.30. The van der Waals surface area contributed by atoms with Gasteiger partial charge in [0.25, 0.3) is 5.91 Å². The topological polar surface area (TPSA) is 63.2 Å². The van der Waals surface area contributed by atoms with Gasteiger partial charge < -0.3 is 15.4 Å². The van der Waals surface area contributed by atoms with Crippen LogP contribution in [0.2, 0.25) is 0 Å². The summed E-state index contributed by atoms with van der Waals surface area (Å²) in [6.45, 7) is 4.77. The van der Waals surface area contributed by atoms with Crippen LogP contribution < -0.4 is 15.4 Å². The number of methoxy groups -OCH3 is 1. The van der Waals surface area contributed by atoms with Crippen molar-refractivity contribution < 1.29 is 9.53 Å². The van der Waals surface area contributed by atoms with Crippen molar-refractivity contribution in [2.75, 3.05) is 17.7 Å². The molecule has 5 heteroatoms. The van der Waals surface area contributed by atoms with Crippen molar-refractivity contribution in [1.29, 1.82) is 0 Å². The van der Waals surface area contributed by atoms with E-state index in [4.69, 9.17) is 4.74 Å². The molecule has 0 aliphatic carbocycles. The van der Waals surface area contributed by atoms with E-state index >= 15 is 0 Å². The fourth-order valence-electron chi connectivity index (χ4n) is 3.01. The van der Waals surface area contributed by atoms with Gasteiger partial charge in [-0.15, -0.1) is 0 Å². The van der Waals surface area contributed by atoms with E-state index in [2.05, 4.69) is 29.5 Å². The molecule has 1 amide bonds. The van der Waals surface area contributed by atoms with E-state index < -0.39 is 0 Å². The summed E-state index contributed by atoms with van der Waals surface area (Å²) in [6, 6.07) is 19.1. The lowest BCUT2D eigenvalue weighted by atomic mass is 10.0. The Balaban J connectivity index is 1.72. The van der Waals surface area contributed by atoms with Crippen molar-refractivity contribution in [3.05, 3.63) is 83.6 Å². The fourth-order valence-corrected chi connectivity index (χ4v) is 3.01. The van der Waals surface area contributed by atoms with Gasteiger partial charge in [-0.05, 0) is 35.7 Å². The SMILES string of the molecule is COc1ccccc1CNc1cc(C(=O)Nc2ccccc2C(C)C)ccn1. The van der Waals surface area contributed by atoms with Gasteiger partial charge in [0, 0.05) is 29.6 Å². The minimum absolute atomic E-state index is 0.157. The van der Waals surface area contributed by atoms with Gasteiger partial charge in [-0.25, -0.2) is 4.98 Å². The van der Waals surface area contributed by atoms with Gasteiger partial charge in [0.1, 0.15) is 11.6 Å². The number of benzene rings is 2. The highest BCUT2D eigenvalue weighted by atomic mass is 16.5. The molecule has 2 aromatic carbocycles. The number of aromatic nitrogens is 1. The van der Waals surface area contributed by atoms with Crippen molar-refractivity contribution in [1.82, 2.24) is 4.98 Å². The minimum atomic E-state index is -0.157. The molecule has 1 aromatic heterocycles. The summed E-state index contributed by atoms with van der Waals surface area (Å²) < 4.78 is 5.37. The Kier molecular flexibility index (Phi) is 6.27. The standard InChI is InChI=1S/C23H25N3O2/c1-16(2)19-9-5-6-10-20(19)26-23(27)17-12-13-24-22(14-17)25-15-18-8-4-7-11-21(18)28-3/h4-14,16H,15H2,1-3H3,(H,24,25)(H,26,27). The molecule has 3 aromatic rings. The van der Waals surface area contributed by atoms with E-state index in [1.165, 1.54) is 0 Å². The predicted octanol–water partition coefficient (Wildman–Crippen LogP) is 5.08. The summed E-state index contributed by atoms with van der Waals surface area (Å²) in [5.41, 5.74) is 3.52. The number of hydrogen-bond acceptors (Lipinski definition) is 4. The van der Waals surface area contributed by atoms with Crippen molar-refractivity contribution in [2.45, 2.75) is 26.3 Å². The second-order valence-corrected chi connectivity index (χ2v) is 6.79. The molecule has 28 heavy (non-hydrogen) atoms. The van der Waals surface area contributed by atoms with E-state index in [9.17, 15) is 4.79 Å². The van der Waals surface area contributed by atoms with Gasteiger partial charge in [-0.2, -0.15) is 0 Å². The molecule has 2 N–H and O–H groups in total. The number of anilines is 2. The Labute approximate surface area is 165 Å². The van der Waals surface area contributed by atoms with Crippen molar-refractivity contribution in [3.63, 3.8) is 0 Å². The number of nitrogens with one attached hydrogen (secondary N) is 2. The second-order valence-electron chi connectivity index (χ2n) is 6.79. The van der Waals surface area contributed by atoms with Crippen LogP contribution in [-0.4, -0.2) is 18.0 Å². The number of amides is 1. The zero-order valence-corrected chi connectivity index (χ0v) is 16.4. The van der Waals surface area contributed by atoms with Crippen LogP contribution in [-0.2, 0) is 6.54 Å². The number of hydrogen-bond donors (Lipinski definition) is 2. The zero-order valence-electron chi connectivity index (χ0n) is 16.4. The van der Waals surface area contributed by atoms with Crippen LogP contribution >= 0.6 is 0 Å². The van der Waals surface area contributed by atoms with Crippen molar-refractivity contribution in [3.8, 4) is 5.75 Å². The van der Waals surface area contributed by atoms with E-state index in [1.807, 2.05) is 48.5 Å². The van der Waals surface area contributed by atoms with Crippen molar-refractivity contribution >= 4 is 17.4 Å². The van der Waals surface area contributed by atoms with Crippen LogP contribution in [0.1, 0.15) is 41.3 Å². The lowest BCUT2D eigenvalue weighted by Gasteiger charge is -2.14. The molecule has 0 fully saturated rings. The van der Waals surface area contributed by atoms with Gasteiger partial charge in [-0.3, -0.25) is 4.79 Å². The van der Waals surface area contributed by atoms with Gasteiger partial charge in [-0.1, -0.05) is 50.2 Å². The van der Waals surface area contributed by atoms with E-state index in [0.717, 1.165) is 22.6 Å². The maximum absolute atomic E-state index is 12.7. The average molecular weight is 375 g/mol. The molecule has 0 aliphatic heterocycles. The molecule has 1 heterocycles. The molecule has 0 saturated heterocycles. The highest BCUT2D eigenvalue weighted by Gasteiger charge is 2.12. The Hall–Kier alpha value is -3.34. The largest absolute Gasteiger partial charge is 0.496 e. The first-order valence-electron chi connectivity index (χ1n) is 9.30. The van der Waals surface area contributed by atoms with Crippen LogP contribution in [0, 0.1) is 0 Å². The minimum Gasteiger partial charge on any atom is -0.496 e. The Morgan fingerprint density at radius 2 is 1.82 bits per heavy atom. The summed E-state index contributed by atoms with van der Waals surface area (Å²) >= 11 is 0. The average Bonchev–Trinajstić information content (AvgIpc) is 2.73. The number of nitrogens with zero attached hydrogens (tertiary/aromatic N) is 1. The number of ether oxygens (including phenoxy) is 1. The molecule has 0 aliphatic rings. The molecule has 0 atom stereocenters. The molecule has 144 valence electrons. The molecule has 0 spiro atoms. The summed E-state index contributed by atoms with van der Waals surface area (Å²) in [6.07, 6.45) is 1.63. The van der Waals surface area contributed by atoms with E-state index in [1.54, 1.807) is 25.4 Å². The quantitative estimate of drug-likeness (QED) is 0.605. The molecule has 5 nitrogen and oxygen atoms in total. The summed E-state index contributed by atoms with van der Waals surface area (Å²) in [5.74, 6) is 1.62. The Morgan fingerprint density at radius 1 is 1.07 bits per heavy atom. The molecule has 3 rings (SSSR count). The zero-order chi connectivity index (χ0) is 19.9. The lowest BCUT2D eigenvalue weighted by molar-refractivity contribution is 0.102. The Morgan fingerprint density at radius 3 is 2.61 bits per heavy atom. The Bertz CT molecular complexity index is 954. The van der Waals surface area contributed by atoms with E-state index in [-0.39, 0.29) is 5.91 Å². The predicted molar refractivity (Wildman–Crippen MR) is 113 cm³/mol. The maximum Gasteiger partial charge on any atom is 0.255 e. The van der Waals surface area contributed by atoms with Crippen LogP contribution in [0.15, 0.2) is 66.9 Å². The molecular formula is C23H25N3O2. The molecule has 0 saturated carbocycles. The third kappa shape index (κ3) is 4.68. The van der Waals surface area contributed by atoms with Crippen LogP contribution in [0.25, 0.3) is 0 Å².